The number of aliphatic hydroxyl groups is 1. The van der Waals surface area contributed by atoms with Crippen LogP contribution in [0.15, 0.2) is 29.5 Å². The fourth-order valence-corrected chi connectivity index (χ4v) is 2.58. The second kappa shape index (κ2) is 5.84. The standard InChI is InChI=1S/C14H16N4O5/c1-9(23-15-18(22)16-7-6-10(16)8-19)17-13(20)11-4-2-3-5-12(11)14(17)21/h2-5,9-10,19H,6-8H2,1H3/t9?,10-/m0/s1. The molecule has 0 radical (unpaired) electrons. The van der Waals surface area contributed by atoms with Gasteiger partial charge >= 0.3 is 0 Å². The van der Waals surface area contributed by atoms with Crippen molar-refractivity contribution in [2.75, 3.05) is 13.2 Å². The zero-order valence-electron chi connectivity index (χ0n) is 12.5. The molecule has 122 valence electrons. The number of amides is 2. The van der Waals surface area contributed by atoms with Gasteiger partial charge in [0.15, 0.2) is 0 Å². The molecule has 1 fully saturated rings. The highest BCUT2D eigenvalue weighted by atomic mass is 16.7. The molecule has 23 heavy (non-hydrogen) atoms. The van der Waals surface area contributed by atoms with E-state index in [0.717, 1.165) is 4.90 Å². The van der Waals surface area contributed by atoms with Gasteiger partial charge < -0.3 is 15.2 Å². The van der Waals surface area contributed by atoms with Crippen LogP contribution < -0.4 is 0 Å². The summed E-state index contributed by atoms with van der Waals surface area (Å²) in [4.78, 5) is 30.6. The smallest absolute Gasteiger partial charge is 0.264 e. The zero-order valence-corrected chi connectivity index (χ0v) is 12.5. The van der Waals surface area contributed by atoms with Crippen LogP contribution in [0.1, 0.15) is 34.1 Å². The lowest BCUT2D eigenvalue weighted by Crippen LogP contribution is -2.53. The van der Waals surface area contributed by atoms with Crippen molar-refractivity contribution in [3.05, 3.63) is 40.6 Å². The Kier molecular flexibility index (Phi) is 3.87. The average molecular weight is 320 g/mol. The first-order chi connectivity index (χ1) is 11.0. The maximum atomic E-state index is 12.2. The zero-order chi connectivity index (χ0) is 16.6. The predicted octanol–water partition coefficient (Wildman–Crippen LogP) is 0.504. The first-order valence-electron chi connectivity index (χ1n) is 7.23. The van der Waals surface area contributed by atoms with E-state index in [4.69, 9.17) is 9.94 Å². The molecule has 9 heteroatoms. The van der Waals surface area contributed by atoms with Gasteiger partial charge in [-0.2, -0.15) is 0 Å². The first kappa shape index (κ1) is 15.2. The number of aliphatic hydroxyl groups excluding tert-OH is 1. The van der Waals surface area contributed by atoms with Gasteiger partial charge in [-0.3, -0.25) is 9.59 Å². The van der Waals surface area contributed by atoms with Crippen molar-refractivity contribution in [3.63, 3.8) is 0 Å². The monoisotopic (exact) mass is 320 g/mol. The van der Waals surface area contributed by atoms with Gasteiger partial charge in [0.1, 0.15) is 6.04 Å². The molecule has 1 N–H and O–H groups in total. The fourth-order valence-electron chi connectivity index (χ4n) is 2.58. The van der Waals surface area contributed by atoms with E-state index in [0.29, 0.717) is 24.1 Å². The summed E-state index contributed by atoms with van der Waals surface area (Å²) in [6, 6.07) is 6.18. The van der Waals surface area contributed by atoms with Gasteiger partial charge in [-0.15, -0.1) is 5.01 Å². The number of hydrogen-bond donors (Lipinski definition) is 1. The van der Waals surface area contributed by atoms with Crippen LogP contribution in [-0.4, -0.2) is 57.2 Å². The van der Waals surface area contributed by atoms with Crippen LogP contribution in [0.25, 0.3) is 0 Å². The third kappa shape index (κ3) is 2.48. The number of fused-ring (bicyclic) bond motifs is 1. The van der Waals surface area contributed by atoms with E-state index in [1.54, 1.807) is 24.3 Å². The second-order valence-corrected chi connectivity index (χ2v) is 5.35. The molecular formula is C14H16N4O5. The summed E-state index contributed by atoms with van der Waals surface area (Å²) >= 11 is 0. The molecule has 0 saturated carbocycles. The van der Waals surface area contributed by atoms with Gasteiger partial charge in [-0.25, -0.2) is 4.90 Å². The minimum Gasteiger partial charge on any atom is -0.569 e. The fraction of sp³-hybridized carbons (Fsp3) is 0.429. The Labute approximate surface area is 131 Å². The highest BCUT2D eigenvalue weighted by Crippen LogP contribution is 2.25. The van der Waals surface area contributed by atoms with E-state index < -0.39 is 18.0 Å². The SMILES string of the molecule is CC(ON=[N+]([O-])N1CC[C@H]1CO)N1C(=O)c2ccccc2C1=O. The number of rotatable bonds is 5. The van der Waals surface area contributed by atoms with Crippen LogP contribution in [0, 0.1) is 5.21 Å². The molecule has 0 aromatic heterocycles. The molecule has 0 aliphatic carbocycles. The molecular weight excluding hydrogens is 304 g/mol. The molecule has 1 aromatic rings. The summed E-state index contributed by atoms with van der Waals surface area (Å²) in [7, 11) is 0. The van der Waals surface area contributed by atoms with Gasteiger partial charge in [-0.05, 0) is 25.5 Å². The Morgan fingerprint density at radius 3 is 2.48 bits per heavy atom. The van der Waals surface area contributed by atoms with Crippen LogP contribution in [0.2, 0.25) is 0 Å². The number of carbonyl (C=O) groups is 2. The summed E-state index contributed by atoms with van der Waals surface area (Å²) in [6.07, 6.45) is -0.327. The molecule has 0 spiro atoms. The molecule has 3 rings (SSSR count). The van der Waals surface area contributed by atoms with Crippen LogP contribution in [0.3, 0.4) is 0 Å². The second-order valence-electron chi connectivity index (χ2n) is 5.35. The largest absolute Gasteiger partial charge is 0.569 e. The number of imide groups is 1. The summed E-state index contributed by atoms with van der Waals surface area (Å²) in [5.74, 6) is -0.967. The lowest BCUT2D eigenvalue weighted by Gasteiger charge is -2.34. The van der Waals surface area contributed by atoms with Crippen molar-refractivity contribution in [2.24, 2.45) is 5.28 Å². The predicted molar refractivity (Wildman–Crippen MR) is 75.7 cm³/mol. The number of hydrazine groups is 1. The number of benzene rings is 1. The number of carbonyl (C=O) groups excluding carboxylic acids is 2. The maximum Gasteiger partial charge on any atom is 0.264 e. The van der Waals surface area contributed by atoms with Gasteiger partial charge in [0.25, 0.3) is 11.8 Å². The van der Waals surface area contributed by atoms with Crippen molar-refractivity contribution in [1.29, 1.82) is 0 Å². The van der Waals surface area contributed by atoms with Crippen LogP contribution >= 0.6 is 0 Å². The molecule has 2 amide bonds. The number of hydrogen-bond acceptors (Lipinski definition) is 6. The van der Waals surface area contributed by atoms with Crippen LogP contribution in [0.5, 0.6) is 0 Å². The first-order valence-corrected chi connectivity index (χ1v) is 7.23. The van der Waals surface area contributed by atoms with Gasteiger partial charge in [-0.1, -0.05) is 12.1 Å². The lowest BCUT2D eigenvalue weighted by molar-refractivity contribution is -0.733. The molecule has 2 atom stereocenters. The normalized spacial score (nSPS) is 22.0. The van der Waals surface area contributed by atoms with Gasteiger partial charge in [0.05, 0.1) is 29.2 Å². The Balaban J connectivity index is 1.69. The third-order valence-electron chi connectivity index (χ3n) is 4.00. The summed E-state index contributed by atoms with van der Waals surface area (Å²) in [6.45, 7) is 1.77. The van der Waals surface area contributed by atoms with Crippen molar-refractivity contribution in [1.82, 2.24) is 9.91 Å². The van der Waals surface area contributed by atoms with Crippen molar-refractivity contribution in [3.8, 4) is 0 Å². The van der Waals surface area contributed by atoms with E-state index in [1.165, 1.54) is 11.9 Å². The molecule has 2 aliphatic rings. The van der Waals surface area contributed by atoms with Gasteiger partial charge in [0, 0.05) is 0 Å². The van der Waals surface area contributed by atoms with E-state index in [1.807, 2.05) is 0 Å². The Hall–Kier alpha value is -2.68. The maximum absolute atomic E-state index is 12.2. The number of nitrogens with zero attached hydrogens (tertiary/aromatic N) is 4. The highest BCUT2D eigenvalue weighted by molar-refractivity contribution is 6.21. The molecule has 1 aromatic carbocycles. The van der Waals surface area contributed by atoms with Crippen LogP contribution in [-0.2, 0) is 4.84 Å². The summed E-state index contributed by atoms with van der Waals surface area (Å²) in [5.41, 5.74) is 0.602. The van der Waals surface area contributed by atoms with Crippen LogP contribution in [0.4, 0.5) is 0 Å². The third-order valence-corrected chi connectivity index (χ3v) is 4.00. The molecule has 0 bridgehead atoms. The Bertz CT molecular complexity index is 640. The topological polar surface area (TPSA) is 109 Å². The molecule has 1 saturated heterocycles. The lowest BCUT2D eigenvalue weighted by atomic mass is 10.1. The molecule has 2 heterocycles. The minimum absolute atomic E-state index is 0.151. The Morgan fingerprint density at radius 1 is 1.39 bits per heavy atom. The highest BCUT2D eigenvalue weighted by Gasteiger charge is 2.40. The van der Waals surface area contributed by atoms with Crippen molar-refractivity contribution >= 4 is 11.8 Å². The van der Waals surface area contributed by atoms with E-state index in [-0.39, 0.29) is 17.6 Å². The van der Waals surface area contributed by atoms with Crippen molar-refractivity contribution < 1.29 is 24.5 Å². The summed E-state index contributed by atoms with van der Waals surface area (Å²) in [5, 5.41) is 25.4. The van der Waals surface area contributed by atoms with E-state index in [2.05, 4.69) is 5.28 Å². The molecule has 9 nitrogen and oxygen atoms in total. The quantitative estimate of drug-likeness (QED) is 0.366. The van der Waals surface area contributed by atoms with Gasteiger partial charge in [0.2, 0.25) is 11.5 Å². The molecule has 1 unspecified atom stereocenters. The minimum atomic E-state index is -1.02. The average Bonchev–Trinajstić information content (AvgIpc) is 2.76. The Morgan fingerprint density at radius 2 is 2.00 bits per heavy atom. The van der Waals surface area contributed by atoms with E-state index in [9.17, 15) is 14.8 Å². The summed E-state index contributed by atoms with van der Waals surface area (Å²) < 4.78 is 0. The molecule has 2 aliphatic heterocycles. The van der Waals surface area contributed by atoms with Crippen molar-refractivity contribution in [2.45, 2.75) is 25.6 Å². The van der Waals surface area contributed by atoms with E-state index >= 15 is 0 Å².